The molecule has 5 nitrogen and oxygen atoms in total. The van der Waals surface area contributed by atoms with Crippen LogP contribution in [0.25, 0.3) is 0 Å². The maximum Gasteiger partial charge on any atom is 0.266 e. The van der Waals surface area contributed by atoms with Gasteiger partial charge < -0.3 is 5.73 Å². The lowest BCUT2D eigenvalue weighted by Crippen LogP contribution is -2.14. The Kier molecular flexibility index (Phi) is 3.22. The van der Waals surface area contributed by atoms with Crippen molar-refractivity contribution >= 4 is 32.2 Å². The normalized spacial score (nSPS) is 11.4. The third-order valence-corrected chi connectivity index (χ3v) is 4.40. The van der Waals surface area contributed by atoms with Crippen LogP contribution in [-0.4, -0.2) is 13.4 Å². The number of hydrogen-bond donors (Lipinski definition) is 2. The second kappa shape index (κ2) is 4.54. The molecule has 0 saturated heterocycles. The Labute approximate surface area is 108 Å². The summed E-state index contributed by atoms with van der Waals surface area (Å²) in [7, 11) is -4.01. The minimum atomic E-state index is -4.01. The number of nitrogen functional groups attached to an aromatic ring is 1. The summed E-state index contributed by atoms with van der Waals surface area (Å²) in [5.41, 5.74) is 5.62. The highest BCUT2D eigenvalue weighted by Crippen LogP contribution is 2.23. The largest absolute Gasteiger partial charge is 0.399 e. The van der Waals surface area contributed by atoms with Crippen LogP contribution in [-0.2, 0) is 10.0 Å². The number of aryl methyl sites for hydroxylation is 1. The Morgan fingerprint density at radius 2 is 2.17 bits per heavy atom. The second-order valence-electron chi connectivity index (χ2n) is 3.57. The van der Waals surface area contributed by atoms with Gasteiger partial charge in [0.2, 0.25) is 0 Å². The zero-order valence-corrected chi connectivity index (χ0v) is 11.0. The van der Waals surface area contributed by atoms with E-state index in [1.165, 1.54) is 12.3 Å². The summed E-state index contributed by atoms with van der Waals surface area (Å²) in [6.45, 7) is 1.79. The average Bonchev–Trinajstić information content (AvgIpc) is 2.66. The number of nitrogens with two attached hydrogens (primary N) is 1. The Balaban J connectivity index is 2.39. The van der Waals surface area contributed by atoms with E-state index in [4.69, 9.17) is 5.73 Å². The number of aromatic nitrogens is 1. The summed E-state index contributed by atoms with van der Waals surface area (Å²) in [5.74, 6) is -0.857. The average molecular weight is 287 g/mol. The highest BCUT2D eigenvalue weighted by Gasteiger charge is 2.20. The van der Waals surface area contributed by atoms with Crippen LogP contribution >= 0.6 is 11.3 Å². The Morgan fingerprint density at radius 3 is 2.78 bits per heavy atom. The van der Waals surface area contributed by atoms with Crippen LogP contribution < -0.4 is 10.5 Å². The molecule has 2 rings (SSSR count). The van der Waals surface area contributed by atoms with Gasteiger partial charge in [0.25, 0.3) is 10.0 Å². The minimum Gasteiger partial charge on any atom is -0.399 e. The van der Waals surface area contributed by atoms with Gasteiger partial charge in [0, 0.05) is 16.8 Å². The lowest BCUT2D eigenvalue weighted by Gasteiger charge is -2.06. The molecule has 0 bridgehead atoms. The number of nitrogens with zero attached hydrogens (tertiary/aromatic N) is 1. The van der Waals surface area contributed by atoms with Crippen LogP contribution in [0.4, 0.5) is 15.2 Å². The molecule has 1 heterocycles. The van der Waals surface area contributed by atoms with E-state index in [1.807, 2.05) is 0 Å². The fourth-order valence-corrected chi connectivity index (χ4v) is 3.32. The van der Waals surface area contributed by atoms with Crippen molar-refractivity contribution in [1.82, 2.24) is 4.98 Å². The number of rotatable bonds is 3. The van der Waals surface area contributed by atoms with E-state index < -0.39 is 20.7 Å². The van der Waals surface area contributed by atoms with Crippen LogP contribution in [0.5, 0.6) is 0 Å². The van der Waals surface area contributed by atoms with Crippen molar-refractivity contribution in [3.63, 3.8) is 0 Å². The fourth-order valence-electron chi connectivity index (χ4n) is 1.30. The zero-order valence-electron chi connectivity index (χ0n) is 9.34. The van der Waals surface area contributed by atoms with Crippen LogP contribution in [0.15, 0.2) is 29.3 Å². The van der Waals surface area contributed by atoms with E-state index >= 15 is 0 Å². The lowest BCUT2D eigenvalue weighted by atomic mass is 10.3. The molecule has 0 aliphatic rings. The van der Waals surface area contributed by atoms with Crippen LogP contribution in [0.2, 0.25) is 0 Å². The van der Waals surface area contributed by atoms with Gasteiger partial charge in [-0.2, -0.15) is 0 Å². The summed E-state index contributed by atoms with van der Waals surface area (Å²) < 4.78 is 39.6. The molecule has 96 valence electrons. The van der Waals surface area contributed by atoms with Crippen molar-refractivity contribution in [2.24, 2.45) is 0 Å². The zero-order chi connectivity index (χ0) is 13.3. The van der Waals surface area contributed by atoms with Gasteiger partial charge >= 0.3 is 0 Å². The molecule has 3 N–H and O–H groups in total. The first-order valence-corrected chi connectivity index (χ1v) is 7.19. The molecular weight excluding hydrogens is 277 g/mol. The number of thiazole rings is 1. The van der Waals surface area contributed by atoms with E-state index in [2.05, 4.69) is 9.71 Å². The summed E-state index contributed by atoms with van der Waals surface area (Å²) in [4.78, 5) is 4.21. The van der Waals surface area contributed by atoms with Crippen molar-refractivity contribution in [2.75, 3.05) is 10.5 Å². The molecule has 0 saturated carbocycles. The lowest BCUT2D eigenvalue weighted by molar-refractivity contribution is 0.570. The van der Waals surface area contributed by atoms with E-state index in [0.717, 1.165) is 28.3 Å². The SMILES string of the molecule is Cc1cnc(NS(=O)(=O)c2cc(N)ccc2F)s1. The molecule has 8 heteroatoms. The van der Waals surface area contributed by atoms with Gasteiger partial charge in [0.05, 0.1) is 0 Å². The molecule has 0 aliphatic heterocycles. The Bertz CT molecular complexity index is 682. The topological polar surface area (TPSA) is 85.1 Å². The molecule has 1 aromatic carbocycles. The van der Waals surface area contributed by atoms with E-state index in [-0.39, 0.29) is 10.8 Å². The van der Waals surface area contributed by atoms with Gasteiger partial charge in [0.1, 0.15) is 10.7 Å². The molecule has 0 amide bonds. The van der Waals surface area contributed by atoms with Gasteiger partial charge in [-0.15, -0.1) is 11.3 Å². The first-order chi connectivity index (χ1) is 8.38. The van der Waals surface area contributed by atoms with Crippen LogP contribution in [0.1, 0.15) is 4.88 Å². The Morgan fingerprint density at radius 1 is 1.44 bits per heavy atom. The van der Waals surface area contributed by atoms with Crippen molar-refractivity contribution in [2.45, 2.75) is 11.8 Å². The summed E-state index contributed by atoms with van der Waals surface area (Å²) in [6.07, 6.45) is 1.53. The summed E-state index contributed by atoms with van der Waals surface area (Å²) in [5, 5.41) is 0.189. The van der Waals surface area contributed by atoms with E-state index in [0.29, 0.717) is 0 Å². The maximum absolute atomic E-state index is 13.5. The first-order valence-electron chi connectivity index (χ1n) is 4.89. The number of anilines is 2. The van der Waals surface area contributed by atoms with Crippen molar-refractivity contribution in [3.8, 4) is 0 Å². The molecule has 0 aliphatic carbocycles. The molecule has 2 aromatic rings. The molecule has 18 heavy (non-hydrogen) atoms. The molecule has 0 atom stereocenters. The molecule has 0 fully saturated rings. The van der Waals surface area contributed by atoms with Gasteiger partial charge in [-0.25, -0.2) is 17.8 Å². The highest BCUT2D eigenvalue weighted by atomic mass is 32.2. The second-order valence-corrected chi connectivity index (χ2v) is 6.46. The van der Waals surface area contributed by atoms with Gasteiger partial charge in [0.15, 0.2) is 5.13 Å². The van der Waals surface area contributed by atoms with Crippen molar-refractivity contribution in [3.05, 3.63) is 35.1 Å². The predicted octanol–water partition coefficient (Wildman–Crippen LogP) is 1.97. The number of halogens is 1. The number of hydrogen-bond acceptors (Lipinski definition) is 5. The fraction of sp³-hybridized carbons (Fsp3) is 0.100. The monoisotopic (exact) mass is 287 g/mol. The number of sulfonamides is 1. The smallest absolute Gasteiger partial charge is 0.266 e. The third-order valence-electron chi connectivity index (χ3n) is 2.09. The third kappa shape index (κ3) is 2.59. The predicted molar refractivity (Wildman–Crippen MR) is 68.5 cm³/mol. The van der Waals surface area contributed by atoms with Crippen molar-refractivity contribution in [1.29, 1.82) is 0 Å². The van der Waals surface area contributed by atoms with E-state index in [1.54, 1.807) is 6.92 Å². The maximum atomic E-state index is 13.5. The molecular formula is C10H10FN3O2S2. The number of benzene rings is 1. The molecule has 0 unspecified atom stereocenters. The number of nitrogens with one attached hydrogen (secondary N) is 1. The van der Waals surface area contributed by atoms with Crippen LogP contribution in [0.3, 0.4) is 0 Å². The van der Waals surface area contributed by atoms with Crippen LogP contribution in [0, 0.1) is 12.7 Å². The molecule has 0 spiro atoms. The Hall–Kier alpha value is -1.67. The first kappa shape index (κ1) is 12.8. The van der Waals surface area contributed by atoms with Gasteiger partial charge in [-0.1, -0.05) is 0 Å². The standard InChI is InChI=1S/C10H10FN3O2S2/c1-6-5-13-10(17-6)14-18(15,16)9-4-7(12)2-3-8(9)11/h2-5H,12H2,1H3,(H,13,14). The highest BCUT2D eigenvalue weighted by molar-refractivity contribution is 7.93. The summed E-state index contributed by atoms with van der Waals surface area (Å²) in [6, 6.07) is 3.37. The van der Waals surface area contributed by atoms with E-state index in [9.17, 15) is 12.8 Å². The molecule has 0 radical (unpaired) electrons. The molecule has 1 aromatic heterocycles. The minimum absolute atomic E-state index is 0.173. The van der Waals surface area contributed by atoms with Crippen molar-refractivity contribution < 1.29 is 12.8 Å². The van der Waals surface area contributed by atoms with Gasteiger partial charge in [-0.05, 0) is 25.1 Å². The summed E-state index contributed by atoms with van der Waals surface area (Å²) >= 11 is 1.16. The van der Waals surface area contributed by atoms with Gasteiger partial charge in [-0.3, -0.25) is 4.72 Å². The quantitative estimate of drug-likeness (QED) is 0.845.